The second-order valence-electron chi connectivity index (χ2n) is 11.4. The molecule has 2 atom stereocenters. The van der Waals surface area contributed by atoms with Gasteiger partial charge in [0.25, 0.3) is 5.91 Å². The standard InChI is InChI=1S/C34H38BrN5O4/c35-30-14-7-5-11-26(30)21-34(33(42)37-22-24-9-2-1-3-10-24)31(29-13-6-4-12-27(29)23-38-40-36)44-32(39-34)25-15-17-28(18-16-25)43-20-8-19-41/h4-7,11-18,24,31,41H,1-3,8-10,19-23H2,(H,37,42)/t31-,34-/m1/s1. The fraction of sp³-hybridized carbons (Fsp3) is 0.412. The molecular weight excluding hydrogens is 622 g/mol. The molecule has 1 aliphatic heterocycles. The topological polar surface area (TPSA) is 129 Å². The van der Waals surface area contributed by atoms with Crippen molar-refractivity contribution >= 4 is 27.7 Å². The predicted molar refractivity (Wildman–Crippen MR) is 173 cm³/mol. The number of nitrogens with zero attached hydrogens (tertiary/aromatic N) is 4. The van der Waals surface area contributed by atoms with Crippen LogP contribution in [-0.2, 0) is 22.5 Å². The number of azide groups is 1. The van der Waals surface area contributed by atoms with Gasteiger partial charge in [-0.15, -0.1) is 0 Å². The Morgan fingerprint density at radius 2 is 1.80 bits per heavy atom. The molecule has 9 nitrogen and oxygen atoms in total. The maximum absolute atomic E-state index is 14.6. The Morgan fingerprint density at radius 3 is 2.52 bits per heavy atom. The van der Waals surface area contributed by atoms with Crippen molar-refractivity contribution in [2.75, 3.05) is 19.8 Å². The lowest BCUT2D eigenvalue weighted by molar-refractivity contribution is -0.129. The number of amides is 1. The predicted octanol–water partition coefficient (Wildman–Crippen LogP) is 7.22. The monoisotopic (exact) mass is 659 g/mol. The summed E-state index contributed by atoms with van der Waals surface area (Å²) < 4.78 is 13.3. The van der Waals surface area contributed by atoms with Crippen LogP contribution in [0.5, 0.6) is 5.75 Å². The molecule has 5 rings (SSSR count). The van der Waals surface area contributed by atoms with Gasteiger partial charge in [0.05, 0.1) is 13.2 Å². The van der Waals surface area contributed by atoms with Crippen LogP contribution < -0.4 is 10.1 Å². The molecule has 3 aromatic rings. The SMILES string of the molecule is [N-]=[N+]=NCc1ccccc1[C@H]1OC(c2ccc(OCCCO)cc2)=N[C@@]1(Cc1ccccc1Br)C(=O)NCC1CCCCC1. The van der Waals surface area contributed by atoms with Crippen LogP contribution in [0, 0.1) is 5.92 Å². The van der Waals surface area contributed by atoms with Crippen molar-refractivity contribution < 1.29 is 19.4 Å². The minimum Gasteiger partial charge on any atom is -0.494 e. The van der Waals surface area contributed by atoms with Gasteiger partial charge >= 0.3 is 0 Å². The number of carbonyl (C=O) groups excluding carboxylic acids is 1. The number of ether oxygens (including phenoxy) is 2. The third kappa shape index (κ3) is 7.44. The van der Waals surface area contributed by atoms with Crippen LogP contribution in [0.25, 0.3) is 10.4 Å². The number of nitrogens with one attached hydrogen (secondary N) is 1. The van der Waals surface area contributed by atoms with Crippen LogP contribution in [-0.4, -0.2) is 42.2 Å². The average Bonchev–Trinajstić information content (AvgIpc) is 3.45. The van der Waals surface area contributed by atoms with Crippen molar-refractivity contribution in [2.45, 2.75) is 63.1 Å². The van der Waals surface area contributed by atoms with Crippen LogP contribution in [0.4, 0.5) is 0 Å². The molecule has 0 aromatic heterocycles. The lowest BCUT2D eigenvalue weighted by Gasteiger charge is -2.33. The van der Waals surface area contributed by atoms with E-state index in [-0.39, 0.29) is 25.5 Å². The molecule has 1 fully saturated rings. The molecule has 0 bridgehead atoms. The summed E-state index contributed by atoms with van der Waals surface area (Å²) in [6.07, 6.45) is 5.88. The molecule has 0 radical (unpaired) electrons. The Morgan fingerprint density at radius 1 is 1.07 bits per heavy atom. The first-order valence-corrected chi connectivity index (χ1v) is 16.0. The zero-order valence-electron chi connectivity index (χ0n) is 24.7. The number of halogens is 1. The molecular formula is C34H38BrN5O4. The molecule has 1 amide bonds. The van der Waals surface area contributed by atoms with E-state index in [2.05, 4.69) is 31.3 Å². The molecule has 10 heteroatoms. The van der Waals surface area contributed by atoms with Gasteiger partial charge in [-0.05, 0) is 71.3 Å². The Balaban J connectivity index is 1.58. The summed E-state index contributed by atoms with van der Waals surface area (Å²) in [5.41, 5.74) is 10.9. The third-order valence-corrected chi connectivity index (χ3v) is 9.14. The van der Waals surface area contributed by atoms with E-state index in [4.69, 9.17) is 25.1 Å². The van der Waals surface area contributed by atoms with Crippen molar-refractivity contribution in [3.05, 3.63) is 110 Å². The number of rotatable bonds is 13. The van der Waals surface area contributed by atoms with E-state index in [0.717, 1.165) is 34.0 Å². The second-order valence-corrected chi connectivity index (χ2v) is 12.2. The molecule has 1 heterocycles. The molecule has 230 valence electrons. The number of hydrogen-bond donors (Lipinski definition) is 2. The van der Waals surface area contributed by atoms with E-state index in [1.807, 2.05) is 72.8 Å². The summed E-state index contributed by atoms with van der Waals surface area (Å²) in [4.78, 5) is 22.7. The Hall–Kier alpha value is -3.85. The summed E-state index contributed by atoms with van der Waals surface area (Å²) in [7, 11) is 0. The van der Waals surface area contributed by atoms with E-state index in [0.29, 0.717) is 42.7 Å². The van der Waals surface area contributed by atoms with Gasteiger partial charge in [-0.1, -0.05) is 82.8 Å². The highest BCUT2D eigenvalue weighted by molar-refractivity contribution is 9.10. The Labute approximate surface area is 266 Å². The highest BCUT2D eigenvalue weighted by Crippen LogP contribution is 2.44. The van der Waals surface area contributed by atoms with E-state index < -0.39 is 11.6 Å². The van der Waals surface area contributed by atoms with Gasteiger partial charge in [0.1, 0.15) is 5.75 Å². The largest absolute Gasteiger partial charge is 0.494 e. The average molecular weight is 661 g/mol. The molecule has 1 aliphatic carbocycles. The molecule has 0 saturated heterocycles. The van der Waals surface area contributed by atoms with Crippen LogP contribution in [0.3, 0.4) is 0 Å². The number of aliphatic imine (C=N–C) groups is 1. The molecule has 3 aromatic carbocycles. The minimum absolute atomic E-state index is 0.0632. The first-order valence-electron chi connectivity index (χ1n) is 15.2. The van der Waals surface area contributed by atoms with E-state index >= 15 is 0 Å². The Bertz CT molecular complexity index is 1500. The van der Waals surface area contributed by atoms with E-state index in [9.17, 15) is 4.79 Å². The first-order chi connectivity index (χ1) is 21.5. The van der Waals surface area contributed by atoms with Crippen molar-refractivity contribution in [2.24, 2.45) is 16.0 Å². The van der Waals surface area contributed by atoms with Gasteiger partial charge in [0, 0.05) is 40.9 Å². The van der Waals surface area contributed by atoms with Crippen molar-refractivity contribution in [3.63, 3.8) is 0 Å². The summed E-state index contributed by atoms with van der Waals surface area (Å²) in [5.74, 6) is 1.27. The van der Waals surface area contributed by atoms with Gasteiger partial charge in [0.2, 0.25) is 5.90 Å². The number of carbonyl (C=O) groups is 1. The zero-order valence-corrected chi connectivity index (χ0v) is 26.3. The molecule has 2 N–H and O–H groups in total. The first kappa shape index (κ1) is 31.6. The minimum atomic E-state index is -1.34. The smallest absolute Gasteiger partial charge is 0.252 e. The van der Waals surface area contributed by atoms with Crippen LogP contribution in [0.2, 0.25) is 0 Å². The third-order valence-electron chi connectivity index (χ3n) is 8.37. The van der Waals surface area contributed by atoms with Crippen molar-refractivity contribution in [1.29, 1.82) is 0 Å². The number of hydrogen-bond acceptors (Lipinski definition) is 6. The van der Waals surface area contributed by atoms with Gasteiger partial charge in [-0.2, -0.15) is 0 Å². The van der Waals surface area contributed by atoms with Crippen LogP contribution in [0.15, 0.2) is 87.4 Å². The highest BCUT2D eigenvalue weighted by atomic mass is 79.9. The number of aliphatic hydroxyl groups is 1. The summed E-state index contributed by atoms with van der Waals surface area (Å²) in [6.45, 7) is 1.19. The van der Waals surface area contributed by atoms with E-state index in [1.54, 1.807) is 0 Å². The summed E-state index contributed by atoms with van der Waals surface area (Å²) in [6, 6.07) is 22.9. The quantitative estimate of drug-likeness (QED) is 0.0869. The van der Waals surface area contributed by atoms with Crippen molar-refractivity contribution in [1.82, 2.24) is 5.32 Å². The number of aliphatic hydroxyl groups excluding tert-OH is 1. The van der Waals surface area contributed by atoms with Gasteiger partial charge in [-0.3, -0.25) is 4.79 Å². The fourth-order valence-corrected chi connectivity index (χ4v) is 6.44. The zero-order chi connectivity index (χ0) is 30.8. The summed E-state index contributed by atoms with van der Waals surface area (Å²) in [5, 5.41) is 16.2. The Kier molecular flexibility index (Phi) is 10.9. The normalized spacial score (nSPS) is 19.9. The molecule has 0 unspecified atom stereocenters. The van der Waals surface area contributed by atoms with Gasteiger partial charge < -0.3 is 19.9 Å². The lowest BCUT2D eigenvalue weighted by Crippen LogP contribution is -2.51. The molecule has 0 spiro atoms. The van der Waals surface area contributed by atoms with Gasteiger partial charge in [0.15, 0.2) is 11.6 Å². The van der Waals surface area contributed by atoms with E-state index in [1.165, 1.54) is 19.3 Å². The maximum atomic E-state index is 14.6. The van der Waals surface area contributed by atoms with Gasteiger partial charge in [-0.25, -0.2) is 4.99 Å². The molecule has 2 aliphatic rings. The molecule has 44 heavy (non-hydrogen) atoms. The van der Waals surface area contributed by atoms with Crippen LogP contribution >= 0.6 is 15.9 Å². The second kappa shape index (κ2) is 15.2. The van der Waals surface area contributed by atoms with Crippen LogP contribution in [0.1, 0.15) is 66.9 Å². The summed E-state index contributed by atoms with van der Waals surface area (Å²) >= 11 is 3.69. The molecule has 1 saturated carbocycles. The maximum Gasteiger partial charge on any atom is 0.252 e. The van der Waals surface area contributed by atoms with Crippen molar-refractivity contribution in [3.8, 4) is 5.75 Å². The number of benzene rings is 3. The lowest BCUT2D eigenvalue weighted by atomic mass is 9.80. The fourth-order valence-electron chi connectivity index (χ4n) is 6.01. The highest BCUT2D eigenvalue weighted by Gasteiger charge is 2.54.